The molecule has 2 aliphatic rings. The minimum absolute atomic E-state index is 0.320. The van der Waals surface area contributed by atoms with Gasteiger partial charge in [-0.1, -0.05) is 0 Å². The molecule has 1 N–H and O–H groups in total. The molecule has 1 aliphatic heterocycles. The summed E-state index contributed by atoms with van der Waals surface area (Å²) in [4.78, 5) is 11.2. The van der Waals surface area contributed by atoms with Gasteiger partial charge in [0.15, 0.2) is 0 Å². The number of fused-ring (bicyclic) bond motifs is 2. The lowest BCUT2D eigenvalue weighted by Crippen LogP contribution is -2.32. The van der Waals surface area contributed by atoms with E-state index in [-0.39, 0.29) is 5.57 Å². The first-order valence-corrected chi connectivity index (χ1v) is 6.21. The number of aromatic nitrogens is 1. The zero-order chi connectivity index (χ0) is 14.8. The Bertz CT molecular complexity index is 748. The van der Waals surface area contributed by atoms with Crippen LogP contribution in [0.3, 0.4) is 0 Å². The average Bonchev–Trinajstić information content (AvgIpc) is 2.80. The van der Waals surface area contributed by atoms with Crippen molar-refractivity contribution in [3.05, 3.63) is 51.4 Å². The molecule has 104 valence electrons. The highest BCUT2D eigenvalue weighted by Gasteiger charge is 2.48. The number of hydrogen-bond acceptors (Lipinski definition) is 1. The van der Waals surface area contributed by atoms with Gasteiger partial charge in [0.1, 0.15) is 0 Å². The van der Waals surface area contributed by atoms with E-state index in [1.54, 1.807) is 32.9 Å². The number of aliphatic carboxylic acids is 1. The third-order valence-corrected chi connectivity index (χ3v) is 3.84. The molecule has 0 spiro atoms. The fourth-order valence-corrected chi connectivity index (χ4v) is 3.01. The number of nitrogens with zero attached hydrogens (tertiary/aromatic N) is 1. The Morgan fingerprint density at radius 3 is 2.50 bits per heavy atom. The Morgan fingerprint density at radius 2 is 1.90 bits per heavy atom. The van der Waals surface area contributed by atoms with Crippen molar-refractivity contribution in [3.63, 3.8) is 0 Å². The van der Waals surface area contributed by atoms with Gasteiger partial charge in [-0.15, -0.1) is 0 Å². The highest BCUT2D eigenvalue weighted by Crippen LogP contribution is 2.49. The van der Waals surface area contributed by atoms with Gasteiger partial charge in [0, 0.05) is 5.69 Å². The highest BCUT2D eigenvalue weighted by atomic mass is 19.3. The van der Waals surface area contributed by atoms with Gasteiger partial charge in [-0.05, 0) is 55.7 Å². The molecule has 1 aromatic heterocycles. The first kappa shape index (κ1) is 12.8. The number of alkyl halides is 2. The van der Waals surface area contributed by atoms with Gasteiger partial charge in [0.05, 0.1) is 16.8 Å². The Labute approximate surface area is 114 Å². The molecule has 0 fully saturated rings. The van der Waals surface area contributed by atoms with E-state index in [4.69, 9.17) is 5.11 Å². The third kappa shape index (κ3) is 1.40. The van der Waals surface area contributed by atoms with Crippen LogP contribution < -0.4 is 0 Å². The first-order chi connectivity index (χ1) is 9.25. The second-order valence-electron chi connectivity index (χ2n) is 5.21. The van der Waals surface area contributed by atoms with Crippen molar-refractivity contribution in [2.24, 2.45) is 0 Å². The van der Waals surface area contributed by atoms with E-state index in [2.05, 4.69) is 0 Å². The monoisotopic (exact) mass is 277 g/mol. The molecule has 1 aromatic rings. The fourth-order valence-electron chi connectivity index (χ4n) is 3.01. The molecule has 5 heteroatoms. The predicted molar refractivity (Wildman–Crippen MR) is 70.5 cm³/mol. The third-order valence-electron chi connectivity index (χ3n) is 3.84. The van der Waals surface area contributed by atoms with Gasteiger partial charge in [0.25, 0.3) is 0 Å². The minimum atomic E-state index is -3.35. The number of hydrogen-bond donors (Lipinski definition) is 1. The topological polar surface area (TPSA) is 42.2 Å². The van der Waals surface area contributed by atoms with Gasteiger partial charge in [0.2, 0.25) is 0 Å². The van der Waals surface area contributed by atoms with Crippen LogP contribution in [0.2, 0.25) is 0 Å². The Morgan fingerprint density at radius 1 is 1.25 bits per heavy atom. The second kappa shape index (κ2) is 3.69. The molecule has 0 radical (unpaired) electrons. The van der Waals surface area contributed by atoms with E-state index in [0.717, 1.165) is 10.1 Å². The summed E-state index contributed by atoms with van der Waals surface area (Å²) in [6.07, 6.45) is 2.96. The minimum Gasteiger partial charge on any atom is -0.478 e. The number of carboxylic acids is 1. The van der Waals surface area contributed by atoms with Crippen molar-refractivity contribution in [2.45, 2.75) is 26.8 Å². The quantitative estimate of drug-likeness (QED) is 0.855. The fraction of sp³-hybridized carbons (Fsp3) is 0.267. The molecule has 0 saturated heterocycles. The number of carbonyl (C=O) groups is 1. The molecule has 0 unspecified atom stereocenters. The molecule has 3 rings (SSSR count). The van der Waals surface area contributed by atoms with Crippen LogP contribution in [0.1, 0.15) is 23.9 Å². The van der Waals surface area contributed by atoms with Crippen LogP contribution >= 0.6 is 0 Å². The van der Waals surface area contributed by atoms with Crippen molar-refractivity contribution in [2.75, 3.05) is 0 Å². The lowest BCUT2D eigenvalue weighted by atomic mass is 9.95. The van der Waals surface area contributed by atoms with Crippen molar-refractivity contribution in [3.8, 4) is 0 Å². The van der Waals surface area contributed by atoms with E-state index in [1.165, 1.54) is 6.08 Å². The molecular formula is C15H13F2NO2. The number of halogens is 2. The summed E-state index contributed by atoms with van der Waals surface area (Å²) in [6, 6.07) is -1.67. The van der Waals surface area contributed by atoms with Crippen molar-refractivity contribution >= 4 is 12.0 Å². The summed E-state index contributed by atoms with van der Waals surface area (Å²) < 4.78 is 30.5. The van der Waals surface area contributed by atoms with Gasteiger partial charge in [-0.25, -0.2) is 4.79 Å². The van der Waals surface area contributed by atoms with Gasteiger partial charge in [-0.3, -0.25) is 4.57 Å². The maximum atomic E-state index is 14.8. The van der Waals surface area contributed by atoms with Crippen LogP contribution in [-0.4, -0.2) is 15.6 Å². The van der Waals surface area contributed by atoms with Crippen LogP contribution in [0.4, 0.5) is 8.78 Å². The molecule has 2 heterocycles. The zero-order valence-electron chi connectivity index (χ0n) is 11.3. The Kier molecular flexibility index (Phi) is 2.37. The summed E-state index contributed by atoms with van der Waals surface area (Å²) in [5, 5.41) is 9.15. The van der Waals surface area contributed by atoms with Crippen molar-refractivity contribution in [1.82, 2.24) is 4.57 Å². The van der Waals surface area contributed by atoms with E-state index < -0.39 is 17.6 Å². The second-order valence-corrected chi connectivity index (χ2v) is 5.21. The summed E-state index contributed by atoms with van der Waals surface area (Å²) >= 11 is 0. The van der Waals surface area contributed by atoms with Crippen LogP contribution in [0.25, 0.3) is 6.08 Å². The lowest BCUT2D eigenvalue weighted by Gasteiger charge is -2.29. The van der Waals surface area contributed by atoms with Crippen molar-refractivity contribution in [1.29, 1.82) is 0 Å². The molecule has 0 saturated carbocycles. The van der Waals surface area contributed by atoms with Gasteiger partial charge in [-0.2, -0.15) is 8.78 Å². The number of rotatable bonds is 1. The predicted octanol–water partition coefficient (Wildman–Crippen LogP) is 3.39. The van der Waals surface area contributed by atoms with Crippen LogP contribution in [-0.2, 0) is 10.8 Å². The molecular weight excluding hydrogens is 264 g/mol. The molecule has 0 aromatic carbocycles. The zero-order valence-corrected chi connectivity index (χ0v) is 11.3. The summed E-state index contributed by atoms with van der Waals surface area (Å²) in [5.74, 6) is -1.33. The number of carboxylic acid groups (broad SMARTS) is 1. The maximum absolute atomic E-state index is 14.8. The van der Waals surface area contributed by atoms with E-state index >= 15 is 0 Å². The first-order valence-electron chi connectivity index (χ1n) is 6.21. The summed E-state index contributed by atoms with van der Waals surface area (Å²) in [5.41, 5.74) is 1.75. The summed E-state index contributed by atoms with van der Waals surface area (Å²) in [7, 11) is 0. The Hall–Kier alpha value is -2.17. The molecule has 0 amide bonds. The van der Waals surface area contributed by atoms with Crippen LogP contribution in [0.5, 0.6) is 0 Å². The van der Waals surface area contributed by atoms with Crippen LogP contribution in [0.15, 0.2) is 34.4 Å². The SMILES string of the molecule is CC1=CC(C(=O)O)=C2C1=Cc1c(C)cc(C)n1C2(F)F. The standard InChI is InChI=1S/C15H13F2NO2/c1-7-5-11(14(19)20)13-10(7)6-12-8(2)4-9(3)18(12)15(13,16)17/h4-6H,1-3H3,(H,19,20). The molecule has 0 atom stereocenters. The molecule has 3 nitrogen and oxygen atoms in total. The van der Waals surface area contributed by atoms with E-state index in [1.807, 2.05) is 0 Å². The molecule has 0 bridgehead atoms. The van der Waals surface area contributed by atoms with E-state index in [0.29, 0.717) is 22.5 Å². The van der Waals surface area contributed by atoms with Crippen molar-refractivity contribution < 1.29 is 18.7 Å². The lowest BCUT2D eigenvalue weighted by molar-refractivity contribution is -0.132. The normalized spacial score (nSPS) is 19.4. The Balaban J connectivity index is 2.40. The highest BCUT2D eigenvalue weighted by molar-refractivity contribution is 5.96. The number of allylic oxidation sites excluding steroid dienone is 3. The van der Waals surface area contributed by atoms with Crippen LogP contribution in [0, 0.1) is 13.8 Å². The largest absolute Gasteiger partial charge is 0.478 e. The summed E-state index contributed by atoms with van der Waals surface area (Å²) in [6.45, 7) is 5.02. The number of aryl methyl sites for hydroxylation is 2. The van der Waals surface area contributed by atoms with Gasteiger partial charge >= 0.3 is 12.0 Å². The molecule has 20 heavy (non-hydrogen) atoms. The van der Waals surface area contributed by atoms with E-state index in [9.17, 15) is 13.6 Å². The maximum Gasteiger partial charge on any atom is 0.358 e. The average molecular weight is 277 g/mol. The molecule has 1 aliphatic carbocycles. The van der Waals surface area contributed by atoms with Gasteiger partial charge < -0.3 is 5.11 Å². The smallest absolute Gasteiger partial charge is 0.358 e.